The maximum absolute atomic E-state index is 6.18. The van der Waals surface area contributed by atoms with Gasteiger partial charge in [-0.1, -0.05) is 158 Å². The molecular weight excluding hydrogens is 953 g/mol. The van der Waals surface area contributed by atoms with Gasteiger partial charge in [0.1, 0.15) is 11.0 Å². The Labute approximate surface area is 450 Å². The maximum Gasteiger partial charge on any atom is 0.227 e. The fourth-order valence-corrected chi connectivity index (χ4v) is 11.3. The molecule has 0 saturated heterocycles. The van der Waals surface area contributed by atoms with Crippen molar-refractivity contribution in [1.82, 2.24) is 9.97 Å². The summed E-state index contributed by atoms with van der Waals surface area (Å²) in [6.45, 7) is 0. The largest absolute Gasteiger partial charge is 0.436 e. The molecule has 366 valence electrons. The van der Waals surface area contributed by atoms with Crippen LogP contribution in [0, 0.1) is 0 Å². The number of hydrogen-bond acceptors (Lipinski definition) is 6. The Balaban J connectivity index is 0.805. The highest BCUT2D eigenvalue weighted by atomic mass is 16.4. The predicted molar refractivity (Wildman–Crippen MR) is 323 cm³/mol. The molecule has 15 aromatic rings. The summed E-state index contributed by atoms with van der Waals surface area (Å²) in [5.41, 5.74) is 16.0. The number of rotatable bonds is 10. The molecule has 6 nitrogen and oxygen atoms in total. The molecule has 0 saturated carbocycles. The first-order valence-corrected chi connectivity index (χ1v) is 26.3. The monoisotopic (exact) mass is 998 g/mol. The fraction of sp³-hybridized carbons (Fsp3) is 0. The summed E-state index contributed by atoms with van der Waals surface area (Å²) in [4.78, 5) is 14.2. The minimum Gasteiger partial charge on any atom is -0.436 e. The first-order chi connectivity index (χ1) is 38.6. The Morgan fingerprint density at radius 3 is 1.00 bits per heavy atom. The molecule has 0 radical (unpaired) electrons. The van der Waals surface area contributed by atoms with Crippen molar-refractivity contribution in [2.75, 3.05) is 9.80 Å². The van der Waals surface area contributed by atoms with Gasteiger partial charge in [0.05, 0.1) is 0 Å². The Kier molecular flexibility index (Phi) is 10.7. The van der Waals surface area contributed by atoms with Crippen LogP contribution < -0.4 is 9.80 Å². The van der Waals surface area contributed by atoms with Crippen LogP contribution in [0.1, 0.15) is 0 Å². The van der Waals surface area contributed by atoms with Crippen molar-refractivity contribution in [3.05, 3.63) is 279 Å². The third-order valence-electron chi connectivity index (χ3n) is 15.1. The summed E-state index contributed by atoms with van der Waals surface area (Å²) < 4.78 is 12.4. The molecule has 0 aliphatic carbocycles. The lowest BCUT2D eigenvalue weighted by Gasteiger charge is -2.27. The second kappa shape index (κ2) is 18.7. The van der Waals surface area contributed by atoms with Crippen molar-refractivity contribution in [2.24, 2.45) is 0 Å². The van der Waals surface area contributed by atoms with Gasteiger partial charge in [0.2, 0.25) is 11.8 Å². The van der Waals surface area contributed by atoms with E-state index in [0.29, 0.717) is 11.8 Å². The quantitative estimate of drug-likeness (QED) is 0.127. The average Bonchev–Trinajstić information content (AvgIpc) is 4.24. The Bertz CT molecular complexity index is 4350. The van der Waals surface area contributed by atoms with Crippen LogP contribution in [0.4, 0.5) is 34.1 Å². The van der Waals surface area contributed by atoms with Crippen molar-refractivity contribution in [1.29, 1.82) is 0 Å². The maximum atomic E-state index is 6.18. The molecule has 13 aromatic carbocycles. The van der Waals surface area contributed by atoms with E-state index in [1.165, 1.54) is 54.6 Å². The van der Waals surface area contributed by atoms with Crippen molar-refractivity contribution >= 4 is 99.4 Å². The lowest BCUT2D eigenvalue weighted by molar-refractivity contribution is 0.619. The van der Waals surface area contributed by atoms with Gasteiger partial charge >= 0.3 is 0 Å². The van der Waals surface area contributed by atoms with Gasteiger partial charge in [-0.15, -0.1) is 0 Å². The molecule has 0 aliphatic rings. The van der Waals surface area contributed by atoms with Gasteiger partial charge in [-0.2, -0.15) is 0 Å². The third-order valence-corrected chi connectivity index (χ3v) is 15.1. The highest BCUT2D eigenvalue weighted by Crippen LogP contribution is 2.43. The molecule has 2 aromatic heterocycles. The van der Waals surface area contributed by atoms with Crippen molar-refractivity contribution in [3.63, 3.8) is 0 Å². The van der Waals surface area contributed by atoms with Crippen molar-refractivity contribution < 1.29 is 8.83 Å². The molecule has 78 heavy (non-hydrogen) atoms. The summed E-state index contributed by atoms with van der Waals surface area (Å²) in [5.74, 6) is 1.20. The van der Waals surface area contributed by atoms with E-state index in [1.54, 1.807) is 0 Å². The normalized spacial score (nSPS) is 11.6. The van der Waals surface area contributed by atoms with E-state index in [-0.39, 0.29) is 0 Å². The van der Waals surface area contributed by atoms with Crippen LogP contribution >= 0.6 is 0 Å². The molecule has 2 heterocycles. The highest BCUT2D eigenvalue weighted by Gasteiger charge is 2.19. The molecular formula is C72H46N4O2. The van der Waals surface area contributed by atoms with E-state index in [1.807, 2.05) is 48.5 Å². The van der Waals surface area contributed by atoms with Gasteiger partial charge in [-0.3, -0.25) is 0 Å². The number of aromatic nitrogens is 2. The number of para-hydroxylation sites is 4. The third kappa shape index (κ3) is 7.99. The van der Waals surface area contributed by atoms with E-state index >= 15 is 0 Å². The van der Waals surface area contributed by atoms with Gasteiger partial charge in [-0.05, 0) is 187 Å². The second-order valence-corrected chi connectivity index (χ2v) is 19.8. The molecule has 0 spiro atoms. The summed E-state index contributed by atoms with van der Waals surface area (Å²) >= 11 is 0. The average molecular weight is 999 g/mol. The topological polar surface area (TPSA) is 58.5 Å². The summed E-state index contributed by atoms with van der Waals surface area (Å²) in [5, 5.41) is 9.56. The Hall–Kier alpha value is -10.6. The SMILES string of the molecule is c1ccc2c(-c3ccc(N(c4ccc(-c5nc6ccccc6o5)cc4)c4ccc5c(ccc6cc(N(c7ccc(-c8nc9ccccc9o8)cc7)c7ccc(-c8cccc9ccccc89)cc7)ccc65)c4)cc3)cccc2c1. The Morgan fingerprint density at radius 1 is 0.244 bits per heavy atom. The molecule has 0 unspecified atom stereocenters. The zero-order valence-corrected chi connectivity index (χ0v) is 42.2. The van der Waals surface area contributed by atoms with Crippen LogP contribution in [0.25, 0.3) is 110 Å². The number of benzene rings is 13. The van der Waals surface area contributed by atoms with Crippen LogP contribution in [0.2, 0.25) is 0 Å². The molecule has 0 N–H and O–H groups in total. The van der Waals surface area contributed by atoms with Gasteiger partial charge in [0.25, 0.3) is 0 Å². The lowest BCUT2D eigenvalue weighted by Crippen LogP contribution is -2.10. The molecule has 15 rings (SSSR count). The number of hydrogen-bond donors (Lipinski definition) is 0. The van der Waals surface area contributed by atoms with E-state index in [9.17, 15) is 0 Å². The number of oxazole rings is 2. The van der Waals surface area contributed by atoms with Crippen LogP contribution in [0.5, 0.6) is 0 Å². The second-order valence-electron chi connectivity index (χ2n) is 19.8. The van der Waals surface area contributed by atoms with E-state index in [4.69, 9.17) is 18.8 Å². The van der Waals surface area contributed by atoms with Crippen LogP contribution in [-0.4, -0.2) is 9.97 Å². The van der Waals surface area contributed by atoms with Gasteiger partial charge < -0.3 is 18.6 Å². The van der Waals surface area contributed by atoms with Crippen LogP contribution in [0.3, 0.4) is 0 Å². The van der Waals surface area contributed by atoms with Crippen molar-refractivity contribution in [2.45, 2.75) is 0 Å². The van der Waals surface area contributed by atoms with E-state index in [2.05, 4.69) is 240 Å². The molecule has 0 aliphatic heterocycles. The van der Waals surface area contributed by atoms with Gasteiger partial charge in [0, 0.05) is 45.3 Å². The number of fused-ring (bicyclic) bond motifs is 7. The Morgan fingerprint density at radius 2 is 0.590 bits per heavy atom. The molecule has 0 amide bonds. The van der Waals surface area contributed by atoms with Gasteiger partial charge in [0.15, 0.2) is 11.2 Å². The van der Waals surface area contributed by atoms with Crippen LogP contribution in [0.15, 0.2) is 288 Å². The summed E-state index contributed by atoms with van der Waals surface area (Å²) in [6.07, 6.45) is 0. The van der Waals surface area contributed by atoms with Gasteiger partial charge in [-0.25, -0.2) is 9.97 Å². The zero-order chi connectivity index (χ0) is 51.5. The lowest BCUT2D eigenvalue weighted by atomic mass is 9.97. The van der Waals surface area contributed by atoms with E-state index in [0.717, 1.165) is 78.2 Å². The van der Waals surface area contributed by atoms with E-state index < -0.39 is 0 Å². The summed E-state index contributed by atoms with van der Waals surface area (Å²) in [7, 11) is 0. The fourth-order valence-electron chi connectivity index (χ4n) is 11.3. The molecule has 0 fully saturated rings. The smallest absolute Gasteiger partial charge is 0.227 e. The molecule has 0 atom stereocenters. The van der Waals surface area contributed by atoms with Crippen molar-refractivity contribution in [3.8, 4) is 45.2 Å². The first-order valence-electron chi connectivity index (χ1n) is 26.3. The summed E-state index contributed by atoms with van der Waals surface area (Å²) in [6, 6.07) is 98.9. The number of nitrogens with zero attached hydrogens (tertiary/aromatic N) is 4. The minimum atomic E-state index is 0.599. The predicted octanol–water partition coefficient (Wildman–Crippen LogP) is 20.2. The zero-order valence-electron chi connectivity index (χ0n) is 42.2. The van der Waals surface area contributed by atoms with Crippen LogP contribution in [-0.2, 0) is 0 Å². The molecule has 6 heteroatoms. The number of anilines is 6. The minimum absolute atomic E-state index is 0.599. The highest BCUT2D eigenvalue weighted by molar-refractivity contribution is 6.10. The first kappa shape index (κ1) is 44.9. The molecule has 0 bridgehead atoms. The standard InChI is InChI=1S/C72H46N4O2/c1-3-15-61-47(11-1)13-9-17-63(61)49-25-33-55(34-26-49)75(57-37-29-51(30-38-57)71-73-67-19-5-7-21-69(67)77-71)59-41-43-65-53(45-59)23-24-54-46-60(42-44-66(54)65)76(58-39-31-52(32-40-58)72-74-68-20-6-8-22-70(68)78-72)56-35-27-50(28-36-56)64-18-10-14-48-12-2-4-16-62(48)64/h1-46H.